The lowest BCUT2D eigenvalue weighted by molar-refractivity contribution is -0.141. The van der Waals surface area contributed by atoms with Gasteiger partial charge in [-0.2, -0.15) is 5.10 Å². The second-order valence-corrected chi connectivity index (χ2v) is 7.78. The van der Waals surface area contributed by atoms with Crippen LogP contribution in [0.15, 0.2) is 41.6 Å². The van der Waals surface area contributed by atoms with Gasteiger partial charge in [-0.25, -0.2) is 5.01 Å². The number of hydrogen-bond donors (Lipinski definition) is 0. The van der Waals surface area contributed by atoms with Crippen LogP contribution >= 0.6 is 0 Å². The number of fused-ring (bicyclic) bond motifs is 1. The molecule has 32 heavy (non-hydrogen) atoms. The van der Waals surface area contributed by atoms with E-state index in [0.717, 1.165) is 17.0 Å². The molecule has 0 saturated heterocycles. The van der Waals surface area contributed by atoms with Gasteiger partial charge < -0.3 is 23.7 Å². The first kappa shape index (κ1) is 21.9. The maximum absolute atomic E-state index is 13.4. The van der Waals surface area contributed by atoms with Crippen molar-refractivity contribution >= 4 is 17.5 Å². The summed E-state index contributed by atoms with van der Waals surface area (Å²) in [6, 6.07) is 9.31. The van der Waals surface area contributed by atoms with Gasteiger partial charge in [0.25, 0.3) is 5.91 Å². The first-order chi connectivity index (χ1) is 15.5. The van der Waals surface area contributed by atoms with Gasteiger partial charge in [0.15, 0.2) is 11.5 Å². The average Bonchev–Trinajstić information content (AvgIpc) is 3.54. The zero-order chi connectivity index (χ0) is 22.7. The summed E-state index contributed by atoms with van der Waals surface area (Å²) in [6.07, 6.45) is 2.83. The Bertz CT molecular complexity index is 1030. The number of aryl methyl sites for hydroxylation is 1. The van der Waals surface area contributed by atoms with Crippen LogP contribution in [-0.2, 0) is 21.4 Å². The molecule has 0 N–H and O–H groups in total. The Balaban J connectivity index is 1.62. The fourth-order valence-corrected chi connectivity index (χ4v) is 3.99. The highest BCUT2D eigenvalue weighted by Gasteiger charge is 2.35. The number of carbonyl (C=O) groups is 2. The number of ether oxygens (including phenoxy) is 3. The van der Waals surface area contributed by atoms with Crippen LogP contribution in [0.2, 0.25) is 0 Å². The van der Waals surface area contributed by atoms with Gasteiger partial charge in [-0.15, -0.1) is 0 Å². The SMILES string of the molecule is CCC(=O)N(CCOC)CC(=O)N1N=C(c2cccn2C)CC1c1ccc2c(c1)OCO2. The summed E-state index contributed by atoms with van der Waals surface area (Å²) < 4.78 is 18.1. The van der Waals surface area contributed by atoms with E-state index in [1.54, 1.807) is 14.0 Å². The number of nitrogens with zero attached hydrogens (tertiary/aromatic N) is 4. The topological polar surface area (TPSA) is 85.6 Å². The van der Waals surface area contributed by atoms with Gasteiger partial charge in [0.2, 0.25) is 12.7 Å². The van der Waals surface area contributed by atoms with Gasteiger partial charge in [0.05, 0.1) is 24.1 Å². The van der Waals surface area contributed by atoms with Crippen molar-refractivity contribution in [3.63, 3.8) is 0 Å². The molecule has 2 aliphatic rings. The standard InChI is InChI=1S/C23H28N4O5/c1-4-22(28)26(10-11-30-3)14-23(29)27-19(13-17(24-27)18-6-5-9-25(18)2)16-7-8-20-21(12-16)32-15-31-20/h5-9,12,19H,4,10-11,13-15H2,1-3H3. The summed E-state index contributed by atoms with van der Waals surface area (Å²) in [7, 11) is 3.52. The number of methoxy groups -OCH3 is 1. The van der Waals surface area contributed by atoms with E-state index in [0.29, 0.717) is 37.5 Å². The molecule has 2 amide bonds. The molecule has 0 radical (unpaired) electrons. The van der Waals surface area contributed by atoms with Gasteiger partial charge in [0.1, 0.15) is 6.54 Å². The second kappa shape index (κ2) is 9.44. The maximum Gasteiger partial charge on any atom is 0.262 e. The lowest BCUT2D eigenvalue weighted by Crippen LogP contribution is -2.42. The minimum atomic E-state index is -0.303. The van der Waals surface area contributed by atoms with Crippen LogP contribution < -0.4 is 9.47 Å². The third-order valence-electron chi connectivity index (χ3n) is 5.73. The maximum atomic E-state index is 13.4. The molecule has 9 heteroatoms. The van der Waals surface area contributed by atoms with Crippen LogP contribution in [0.5, 0.6) is 11.5 Å². The molecule has 2 aliphatic heterocycles. The van der Waals surface area contributed by atoms with Crippen LogP contribution in [-0.4, -0.2) is 65.6 Å². The quantitative estimate of drug-likeness (QED) is 0.629. The van der Waals surface area contributed by atoms with Crippen molar-refractivity contribution in [1.82, 2.24) is 14.5 Å². The van der Waals surface area contributed by atoms with E-state index in [9.17, 15) is 9.59 Å². The van der Waals surface area contributed by atoms with Crippen molar-refractivity contribution in [3.05, 3.63) is 47.8 Å². The van der Waals surface area contributed by atoms with E-state index in [1.807, 2.05) is 48.1 Å². The van der Waals surface area contributed by atoms with E-state index < -0.39 is 0 Å². The summed E-state index contributed by atoms with van der Waals surface area (Å²) in [5, 5.41) is 6.20. The number of hydrogen-bond acceptors (Lipinski definition) is 6. The Morgan fingerprint density at radius 1 is 1.25 bits per heavy atom. The summed E-state index contributed by atoms with van der Waals surface area (Å²) in [5.74, 6) is 1.01. The van der Waals surface area contributed by atoms with Gasteiger partial charge in [-0.05, 0) is 29.8 Å². The van der Waals surface area contributed by atoms with Crippen molar-refractivity contribution in [2.45, 2.75) is 25.8 Å². The normalized spacial score (nSPS) is 16.9. The van der Waals surface area contributed by atoms with Crippen molar-refractivity contribution in [1.29, 1.82) is 0 Å². The Morgan fingerprint density at radius 2 is 2.06 bits per heavy atom. The third-order valence-corrected chi connectivity index (χ3v) is 5.73. The molecule has 9 nitrogen and oxygen atoms in total. The van der Waals surface area contributed by atoms with Crippen LogP contribution in [0.1, 0.15) is 37.1 Å². The summed E-state index contributed by atoms with van der Waals surface area (Å²) in [6.45, 7) is 2.63. The largest absolute Gasteiger partial charge is 0.454 e. The molecule has 1 atom stereocenters. The Labute approximate surface area is 187 Å². The third kappa shape index (κ3) is 4.34. The Morgan fingerprint density at radius 3 is 2.78 bits per heavy atom. The molecule has 0 saturated carbocycles. The van der Waals surface area contributed by atoms with Crippen LogP contribution in [0.25, 0.3) is 0 Å². The van der Waals surface area contributed by atoms with E-state index in [4.69, 9.17) is 19.3 Å². The number of hydrazone groups is 1. The molecular formula is C23H28N4O5. The van der Waals surface area contributed by atoms with Crippen molar-refractivity contribution in [2.75, 3.05) is 33.6 Å². The lowest BCUT2D eigenvalue weighted by Gasteiger charge is -2.26. The van der Waals surface area contributed by atoms with Crippen LogP contribution in [0, 0.1) is 0 Å². The summed E-state index contributed by atoms with van der Waals surface area (Å²) in [5.41, 5.74) is 2.67. The zero-order valence-corrected chi connectivity index (χ0v) is 18.6. The van der Waals surface area contributed by atoms with E-state index >= 15 is 0 Å². The smallest absolute Gasteiger partial charge is 0.262 e. The number of amides is 2. The molecule has 1 aromatic heterocycles. The predicted molar refractivity (Wildman–Crippen MR) is 117 cm³/mol. The van der Waals surface area contributed by atoms with Gasteiger partial charge in [-0.3, -0.25) is 9.59 Å². The van der Waals surface area contributed by atoms with E-state index in [-0.39, 0.29) is 31.2 Å². The second-order valence-electron chi connectivity index (χ2n) is 7.78. The molecule has 0 fully saturated rings. The fourth-order valence-electron chi connectivity index (χ4n) is 3.99. The highest BCUT2D eigenvalue weighted by Crippen LogP contribution is 2.39. The monoisotopic (exact) mass is 440 g/mol. The van der Waals surface area contributed by atoms with Crippen molar-refractivity contribution in [2.24, 2.45) is 12.1 Å². The molecule has 2 aromatic rings. The van der Waals surface area contributed by atoms with Crippen LogP contribution in [0.3, 0.4) is 0 Å². The number of rotatable bonds is 8. The molecule has 0 spiro atoms. The molecule has 170 valence electrons. The highest BCUT2D eigenvalue weighted by molar-refractivity contribution is 6.02. The van der Waals surface area contributed by atoms with E-state index in [1.165, 1.54) is 9.91 Å². The van der Waals surface area contributed by atoms with Gasteiger partial charge >= 0.3 is 0 Å². The molecule has 3 heterocycles. The number of carbonyl (C=O) groups excluding carboxylic acids is 2. The summed E-state index contributed by atoms with van der Waals surface area (Å²) in [4.78, 5) is 27.3. The lowest BCUT2D eigenvalue weighted by atomic mass is 10.00. The highest BCUT2D eigenvalue weighted by atomic mass is 16.7. The number of aromatic nitrogens is 1. The molecule has 0 aliphatic carbocycles. The fraction of sp³-hybridized carbons (Fsp3) is 0.435. The van der Waals surface area contributed by atoms with Gasteiger partial charge in [0, 0.05) is 39.7 Å². The molecule has 0 bridgehead atoms. The molecule has 1 aromatic carbocycles. The molecular weight excluding hydrogens is 412 g/mol. The summed E-state index contributed by atoms with van der Waals surface area (Å²) >= 11 is 0. The first-order valence-corrected chi connectivity index (χ1v) is 10.7. The Hall–Kier alpha value is -3.33. The van der Waals surface area contributed by atoms with Crippen LogP contribution in [0.4, 0.5) is 0 Å². The Kier molecular flexibility index (Phi) is 6.45. The minimum Gasteiger partial charge on any atom is -0.454 e. The molecule has 1 unspecified atom stereocenters. The van der Waals surface area contributed by atoms with Crippen molar-refractivity contribution in [3.8, 4) is 11.5 Å². The predicted octanol–water partition coefficient (Wildman–Crippen LogP) is 2.32. The van der Waals surface area contributed by atoms with Gasteiger partial charge in [-0.1, -0.05) is 13.0 Å². The zero-order valence-electron chi connectivity index (χ0n) is 18.6. The molecule has 4 rings (SSSR count). The number of benzene rings is 1. The first-order valence-electron chi connectivity index (χ1n) is 10.7. The average molecular weight is 441 g/mol. The van der Waals surface area contributed by atoms with E-state index in [2.05, 4.69) is 0 Å². The minimum absolute atomic E-state index is 0.0546. The van der Waals surface area contributed by atoms with Crippen molar-refractivity contribution < 1.29 is 23.8 Å².